The number of benzene rings is 2. The van der Waals surface area contributed by atoms with E-state index in [0.29, 0.717) is 18.3 Å². The SMILES string of the molecule is COc1ccc(O)c(CN2CCCC(Nc3ccc(F)cc3)C2)c1. The van der Waals surface area contributed by atoms with Gasteiger partial charge in [-0.15, -0.1) is 0 Å². The number of anilines is 1. The molecule has 1 heterocycles. The Morgan fingerprint density at radius 3 is 2.79 bits per heavy atom. The number of nitrogens with zero attached hydrogens (tertiary/aromatic N) is 1. The third-order valence-corrected chi connectivity index (χ3v) is 4.40. The van der Waals surface area contributed by atoms with E-state index in [-0.39, 0.29) is 5.82 Å². The second-order valence-corrected chi connectivity index (χ2v) is 6.22. The van der Waals surface area contributed by atoms with E-state index in [0.717, 1.165) is 42.9 Å². The van der Waals surface area contributed by atoms with Crippen LogP contribution < -0.4 is 10.1 Å². The minimum atomic E-state index is -0.223. The summed E-state index contributed by atoms with van der Waals surface area (Å²) in [6.45, 7) is 2.57. The number of rotatable bonds is 5. The molecule has 0 aliphatic carbocycles. The van der Waals surface area contributed by atoms with Gasteiger partial charge in [0.15, 0.2) is 0 Å². The highest BCUT2D eigenvalue weighted by molar-refractivity contribution is 5.44. The summed E-state index contributed by atoms with van der Waals surface area (Å²) in [5, 5.41) is 13.5. The Kier molecular flexibility index (Phi) is 5.20. The van der Waals surface area contributed by atoms with Crippen LogP contribution in [0.4, 0.5) is 10.1 Å². The Balaban J connectivity index is 1.62. The van der Waals surface area contributed by atoms with Crippen LogP contribution in [-0.2, 0) is 6.54 Å². The molecule has 1 fully saturated rings. The van der Waals surface area contributed by atoms with Gasteiger partial charge in [0.25, 0.3) is 0 Å². The van der Waals surface area contributed by atoms with E-state index in [1.807, 2.05) is 6.07 Å². The molecule has 1 aliphatic heterocycles. The molecular weight excluding hydrogens is 307 g/mol. The van der Waals surface area contributed by atoms with Crippen LogP contribution in [0.15, 0.2) is 42.5 Å². The molecule has 128 valence electrons. The summed E-state index contributed by atoms with van der Waals surface area (Å²) in [7, 11) is 1.62. The molecule has 0 amide bonds. The molecule has 1 atom stereocenters. The quantitative estimate of drug-likeness (QED) is 0.879. The topological polar surface area (TPSA) is 44.7 Å². The molecule has 1 aliphatic rings. The lowest BCUT2D eigenvalue weighted by atomic mass is 10.0. The van der Waals surface area contributed by atoms with Gasteiger partial charge in [-0.05, 0) is 61.9 Å². The number of methoxy groups -OCH3 is 1. The number of nitrogens with one attached hydrogen (secondary N) is 1. The molecule has 0 spiro atoms. The van der Waals surface area contributed by atoms with Gasteiger partial charge in [-0.25, -0.2) is 4.39 Å². The van der Waals surface area contributed by atoms with Crippen molar-refractivity contribution in [1.29, 1.82) is 0 Å². The van der Waals surface area contributed by atoms with Crippen molar-refractivity contribution in [1.82, 2.24) is 4.90 Å². The lowest BCUT2D eigenvalue weighted by Crippen LogP contribution is -2.41. The summed E-state index contributed by atoms with van der Waals surface area (Å²) in [5.74, 6) is 0.824. The number of likely N-dealkylation sites (tertiary alicyclic amines) is 1. The minimum Gasteiger partial charge on any atom is -0.508 e. The van der Waals surface area contributed by atoms with E-state index < -0.39 is 0 Å². The van der Waals surface area contributed by atoms with Crippen molar-refractivity contribution in [2.24, 2.45) is 0 Å². The van der Waals surface area contributed by atoms with Gasteiger partial charge in [-0.1, -0.05) is 0 Å². The summed E-state index contributed by atoms with van der Waals surface area (Å²) >= 11 is 0. The first kappa shape index (κ1) is 16.6. The van der Waals surface area contributed by atoms with Crippen molar-refractivity contribution in [3.8, 4) is 11.5 Å². The maximum absolute atomic E-state index is 13.0. The van der Waals surface area contributed by atoms with Crippen LogP contribution in [0, 0.1) is 5.82 Å². The normalized spacial score (nSPS) is 18.3. The van der Waals surface area contributed by atoms with Crippen molar-refractivity contribution in [2.45, 2.75) is 25.4 Å². The fourth-order valence-corrected chi connectivity index (χ4v) is 3.16. The molecule has 0 saturated carbocycles. The fourth-order valence-electron chi connectivity index (χ4n) is 3.16. The zero-order chi connectivity index (χ0) is 16.9. The van der Waals surface area contributed by atoms with E-state index in [9.17, 15) is 9.50 Å². The van der Waals surface area contributed by atoms with Crippen LogP contribution in [0.5, 0.6) is 11.5 Å². The summed E-state index contributed by atoms with van der Waals surface area (Å²) in [5.41, 5.74) is 1.81. The Morgan fingerprint density at radius 2 is 2.04 bits per heavy atom. The molecule has 1 saturated heterocycles. The standard InChI is InChI=1S/C19H23FN2O2/c1-24-18-8-9-19(23)14(11-18)12-22-10-2-3-17(13-22)21-16-6-4-15(20)5-7-16/h4-9,11,17,21,23H,2-3,10,12-13H2,1H3. The number of aromatic hydroxyl groups is 1. The fraction of sp³-hybridized carbons (Fsp3) is 0.368. The van der Waals surface area contributed by atoms with Crippen LogP contribution in [-0.4, -0.2) is 36.2 Å². The predicted molar refractivity (Wildman–Crippen MR) is 93.0 cm³/mol. The number of ether oxygens (including phenoxy) is 1. The third kappa shape index (κ3) is 4.17. The lowest BCUT2D eigenvalue weighted by Gasteiger charge is -2.33. The maximum atomic E-state index is 13.0. The summed E-state index contributed by atoms with van der Waals surface area (Å²) in [6, 6.07) is 12.1. The van der Waals surface area contributed by atoms with E-state index in [4.69, 9.17) is 4.74 Å². The number of halogens is 1. The van der Waals surface area contributed by atoms with Gasteiger partial charge in [0.05, 0.1) is 7.11 Å². The highest BCUT2D eigenvalue weighted by Crippen LogP contribution is 2.26. The van der Waals surface area contributed by atoms with Crippen LogP contribution in [0.1, 0.15) is 18.4 Å². The van der Waals surface area contributed by atoms with Crippen LogP contribution in [0.3, 0.4) is 0 Å². The predicted octanol–water partition coefficient (Wildman–Crippen LogP) is 3.62. The number of phenols is 1. The smallest absolute Gasteiger partial charge is 0.123 e. The largest absolute Gasteiger partial charge is 0.508 e. The first-order valence-corrected chi connectivity index (χ1v) is 8.24. The Morgan fingerprint density at radius 1 is 1.25 bits per heavy atom. The zero-order valence-corrected chi connectivity index (χ0v) is 13.8. The molecule has 1 unspecified atom stereocenters. The highest BCUT2D eigenvalue weighted by Gasteiger charge is 2.20. The lowest BCUT2D eigenvalue weighted by molar-refractivity contribution is 0.206. The molecule has 4 nitrogen and oxygen atoms in total. The molecule has 3 rings (SSSR count). The molecule has 0 aromatic heterocycles. The van der Waals surface area contributed by atoms with Crippen LogP contribution >= 0.6 is 0 Å². The molecule has 2 aromatic rings. The first-order valence-electron chi connectivity index (χ1n) is 8.24. The summed E-state index contributed by atoms with van der Waals surface area (Å²) < 4.78 is 18.2. The minimum absolute atomic E-state index is 0.223. The molecular formula is C19H23FN2O2. The maximum Gasteiger partial charge on any atom is 0.123 e. The van der Waals surface area contributed by atoms with Crippen molar-refractivity contribution in [2.75, 3.05) is 25.5 Å². The third-order valence-electron chi connectivity index (χ3n) is 4.40. The van der Waals surface area contributed by atoms with Crippen LogP contribution in [0.2, 0.25) is 0 Å². The van der Waals surface area contributed by atoms with Gasteiger partial charge in [0, 0.05) is 30.4 Å². The Bertz CT molecular complexity index is 676. The molecule has 2 aromatic carbocycles. The highest BCUT2D eigenvalue weighted by atomic mass is 19.1. The average Bonchev–Trinajstić information content (AvgIpc) is 2.59. The Hall–Kier alpha value is -2.27. The van der Waals surface area contributed by atoms with Crippen molar-refractivity contribution < 1.29 is 14.2 Å². The molecule has 0 radical (unpaired) electrons. The molecule has 0 bridgehead atoms. The van der Waals surface area contributed by atoms with Crippen LogP contribution in [0.25, 0.3) is 0 Å². The van der Waals surface area contributed by atoms with Gasteiger partial charge in [-0.3, -0.25) is 4.90 Å². The monoisotopic (exact) mass is 330 g/mol. The van der Waals surface area contributed by atoms with E-state index >= 15 is 0 Å². The molecule has 2 N–H and O–H groups in total. The van der Waals surface area contributed by atoms with Crippen molar-refractivity contribution in [3.05, 3.63) is 53.8 Å². The summed E-state index contributed by atoms with van der Waals surface area (Å²) in [4.78, 5) is 2.32. The summed E-state index contributed by atoms with van der Waals surface area (Å²) in [6.07, 6.45) is 2.17. The molecule has 5 heteroatoms. The average molecular weight is 330 g/mol. The number of hydrogen-bond acceptors (Lipinski definition) is 4. The van der Waals surface area contributed by atoms with Crippen molar-refractivity contribution in [3.63, 3.8) is 0 Å². The van der Waals surface area contributed by atoms with Gasteiger partial charge in [-0.2, -0.15) is 0 Å². The number of hydrogen-bond donors (Lipinski definition) is 2. The van der Waals surface area contributed by atoms with E-state index in [2.05, 4.69) is 10.2 Å². The second-order valence-electron chi connectivity index (χ2n) is 6.22. The second kappa shape index (κ2) is 7.53. The molecule has 24 heavy (non-hydrogen) atoms. The zero-order valence-electron chi connectivity index (χ0n) is 13.8. The van der Waals surface area contributed by atoms with Gasteiger partial charge in [0.2, 0.25) is 0 Å². The number of piperidine rings is 1. The van der Waals surface area contributed by atoms with Crippen molar-refractivity contribution >= 4 is 5.69 Å². The number of phenolic OH excluding ortho intramolecular Hbond substituents is 1. The van der Waals surface area contributed by atoms with E-state index in [1.54, 1.807) is 31.4 Å². The van der Waals surface area contributed by atoms with Gasteiger partial charge >= 0.3 is 0 Å². The first-order chi connectivity index (χ1) is 11.6. The van der Waals surface area contributed by atoms with Gasteiger partial charge < -0.3 is 15.2 Å². The Labute approximate surface area is 141 Å². The van der Waals surface area contributed by atoms with E-state index in [1.165, 1.54) is 12.1 Å². The van der Waals surface area contributed by atoms with Gasteiger partial charge in [0.1, 0.15) is 17.3 Å².